The van der Waals surface area contributed by atoms with E-state index in [2.05, 4.69) is 4.98 Å². The van der Waals surface area contributed by atoms with Crippen LogP contribution >= 0.6 is 23.2 Å². The Balaban J connectivity index is 2.54. The normalized spacial score (nSPS) is 12.5. The van der Waals surface area contributed by atoms with Crippen molar-refractivity contribution in [2.24, 2.45) is 0 Å². The summed E-state index contributed by atoms with van der Waals surface area (Å²) in [6, 6.07) is 5.60. The molecule has 0 aliphatic carbocycles. The summed E-state index contributed by atoms with van der Waals surface area (Å²) >= 11 is 12.0. The van der Waals surface area contributed by atoms with Gasteiger partial charge in [0, 0.05) is 15.6 Å². The van der Waals surface area contributed by atoms with E-state index in [1.54, 1.807) is 23.2 Å². The molecule has 0 atom stereocenters. The third-order valence-corrected chi connectivity index (χ3v) is 3.47. The lowest BCUT2D eigenvalue weighted by molar-refractivity contribution is -0.141. The molecule has 0 saturated carbocycles. The van der Waals surface area contributed by atoms with Crippen LogP contribution in [0.2, 0.25) is 10.0 Å². The number of halogens is 5. The first-order chi connectivity index (χ1) is 10.2. The molecule has 0 amide bonds. The Morgan fingerprint density at radius 2 is 1.86 bits per heavy atom. The number of benzene rings is 1. The number of hydrogen-bond acceptors (Lipinski definition) is 2. The molecule has 22 heavy (non-hydrogen) atoms. The molecule has 2 aromatic rings. The molecule has 0 fully saturated rings. The van der Waals surface area contributed by atoms with Crippen molar-refractivity contribution in [3.63, 3.8) is 0 Å². The van der Waals surface area contributed by atoms with Gasteiger partial charge in [-0.05, 0) is 36.8 Å². The molecular formula is C14H9Cl2F3N2O. The molecule has 1 heterocycles. The Labute approximate surface area is 133 Å². The van der Waals surface area contributed by atoms with Gasteiger partial charge in [-0.1, -0.05) is 29.3 Å². The monoisotopic (exact) mass is 348 g/mol. The second kappa shape index (κ2) is 6.14. The Bertz CT molecular complexity index is 777. The highest BCUT2D eigenvalue weighted by atomic mass is 35.5. The maximum atomic E-state index is 12.7. The molecule has 0 aliphatic rings. The number of aromatic nitrogens is 2. The summed E-state index contributed by atoms with van der Waals surface area (Å²) in [6.07, 6.45) is -3.19. The number of allylic oxidation sites excluding steroid dienone is 1. The topological polar surface area (TPSA) is 45.8 Å². The number of aromatic amines is 1. The van der Waals surface area contributed by atoms with Crippen LogP contribution in [0.4, 0.5) is 13.2 Å². The first kappa shape index (κ1) is 16.6. The van der Waals surface area contributed by atoms with Crippen LogP contribution in [-0.4, -0.2) is 9.97 Å². The van der Waals surface area contributed by atoms with Crippen LogP contribution in [-0.2, 0) is 6.18 Å². The number of nitrogens with one attached hydrogen (secondary N) is 1. The van der Waals surface area contributed by atoms with Crippen LogP contribution in [0.5, 0.6) is 0 Å². The Kier molecular flexibility index (Phi) is 4.63. The van der Waals surface area contributed by atoms with E-state index in [-0.39, 0.29) is 5.69 Å². The third-order valence-electron chi connectivity index (χ3n) is 2.81. The van der Waals surface area contributed by atoms with Crippen LogP contribution in [0.1, 0.15) is 23.9 Å². The number of alkyl halides is 3. The third kappa shape index (κ3) is 3.69. The maximum Gasteiger partial charge on any atom is 0.431 e. The summed E-state index contributed by atoms with van der Waals surface area (Å²) in [5.41, 5.74) is -1.58. The van der Waals surface area contributed by atoms with Crippen LogP contribution in [0.25, 0.3) is 11.6 Å². The van der Waals surface area contributed by atoms with E-state index in [0.717, 1.165) is 6.07 Å². The fraction of sp³-hybridized carbons (Fsp3) is 0.143. The quantitative estimate of drug-likeness (QED) is 0.857. The second-order valence-corrected chi connectivity index (χ2v) is 5.26. The van der Waals surface area contributed by atoms with E-state index in [1.807, 2.05) is 0 Å². The zero-order valence-electron chi connectivity index (χ0n) is 11.1. The summed E-state index contributed by atoms with van der Waals surface area (Å²) < 4.78 is 38.1. The summed E-state index contributed by atoms with van der Waals surface area (Å²) in [5, 5.41) is 0.681. The van der Waals surface area contributed by atoms with Gasteiger partial charge in [0.05, 0.1) is 5.69 Å². The van der Waals surface area contributed by atoms with E-state index in [0.29, 0.717) is 21.2 Å². The zero-order valence-corrected chi connectivity index (χ0v) is 12.6. The average Bonchev–Trinajstić information content (AvgIpc) is 2.41. The minimum Gasteiger partial charge on any atom is -0.302 e. The predicted molar refractivity (Wildman–Crippen MR) is 79.9 cm³/mol. The zero-order chi connectivity index (χ0) is 16.5. The van der Waals surface area contributed by atoms with Gasteiger partial charge in [0.2, 0.25) is 0 Å². The van der Waals surface area contributed by atoms with Gasteiger partial charge in [0.1, 0.15) is 5.69 Å². The highest BCUT2D eigenvalue weighted by Crippen LogP contribution is 2.30. The lowest BCUT2D eigenvalue weighted by Crippen LogP contribution is -2.20. The smallest absolute Gasteiger partial charge is 0.302 e. The Hall–Kier alpha value is -1.79. The fourth-order valence-electron chi connectivity index (χ4n) is 1.75. The van der Waals surface area contributed by atoms with Crippen molar-refractivity contribution in [2.75, 3.05) is 0 Å². The minimum absolute atomic E-state index is 0.105. The molecule has 2 rings (SSSR count). The maximum absolute atomic E-state index is 12.7. The van der Waals surface area contributed by atoms with Crippen LogP contribution in [0.15, 0.2) is 29.1 Å². The SMILES string of the molecule is CC(=Cc1c(Cl)cccc1Cl)c1cc(C(F)(F)F)[nH]c(=O)n1. The number of hydrogen-bond donors (Lipinski definition) is 1. The first-order valence-electron chi connectivity index (χ1n) is 5.99. The molecule has 8 heteroatoms. The molecule has 1 aromatic heterocycles. The standard InChI is InChI=1S/C14H9Cl2F3N2O/c1-7(5-8-9(15)3-2-4-10(8)16)11-6-12(14(17,18)19)21-13(22)20-11/h2-6H,1H3,(H,20,21,22). The van der Waals surface area contributed by atoms with Gasteiger partial charge < -0.3 is 4.98 Å². The highest BCUT2D eigenvalue weighted by Gasteiger charge is 2.32. The summed E-state index contributed by atoms with van der Waals surface area (Å²) in [4.78, 5) is 16.5. The molecule has 0 aliphatic heterocycles. The van der Waals surface area contributed by atoms with Gasteiger partial charge >= 0.3 is 11.9 Å². The van der Waals surface area contributed by atoms with Crippen LogP contribution in [0.3, 0.4) is 0 Å². The molecule has 0 unspecified atom stereocenters. The lowest BCUT2D eigenvalue weighted by atomic mass is 10.1. The lowest BCUT2D eigenvalue weighted by Gasteiger charge is -2.08. The van der Waals surface area contributed by atoms with Gasteiger partial charge in [-0.3, -0.25) is 0 Å². The van der Waals surface area contributed by atoms with E-state index in [9.17, 15) is 18.0 Å². The van der Waals surface area contributed by atoms with E-state index in [4.69, 9.17) is 23.2 Å². The molecule has 0 radical (unpaired) electrons. The summed E-state index contributed by atoms with van der Waals surface area (Å²) in [5.74, 6) is 0. The van der Waals surface area contributed by atoms with Crippen molar-refractivity contribution >= 4 is 34.9 Å². The number of nitrogens with zero attached hydrogens (tertiary/aromatic N) is 1. The van der Waals surface area contributed by atoms with Crippen LogP contribution in [0, 0.1) is 0 Å². The fourth-order valence-corrected chi connectivity index (χ4v) is 2.26. The van der Waals surface area contributed by atoms with Crippen molar-refractivity contribution in [3.05, 3.63) is 61.7 Å². The van der Waals surface area contributed by atoms with Gasteiger partial charge in [-0.25, -0.2) is 4.79 Å². The van der Waals surface area contributed by atoms with E-state index in [1.165, 1.54) is 13.0 Å². The van der Waals surface area contributed by atoms with E-state index >= 15 is 0 Å². The molecular weight excluding hydrogens is 340 g/mol. The summed E-state index contributed by atoms with van der Waals surface area (Å²) in [6.45, 7) is 1.52. The molecule has 0 spiro atoms. The average molecular weight is 349 g/mol. The second-order valence-electron chi connectivity index (χ2n) is 4.45. The Morgan fingerprint density at radius 1 is 1.27 bits per heavy atom. The van der Waals surface area contributed by atoms with Crippen molar-refractivity contribution in [1.29, 1.82) is 0 Å². The molecule has 0 saturated heterocycles. The number of rotatable bonds is 2. The van der Waals surface area contributed by atoms with Crippen molar-refractivity contribution in [1.82, 2.24) is 9.97 Å². The molecule has 0 bridgehead atoms. The predicted octanol–water partition coefficient (Wildman–Crippen LogP) is 4.66. The van der Waals surface area contributed by atoms with Gasteiger partial charge in [-0.2, -0.15) is 18.2 Å². The minimum atomic E-state index is -4.67. The van der Waals surface area contributed by atoms with Crippen LogP contribution < -0.4 is 5.69 Å². The molecule has 116 valence electrons. The Morgan fingerprint density at radius 3 is 2.41 bits per heavy atom. The largest absolute Gasteiger partial charge is 0.431 e. The summed E-state index contributed by atoms with van der Waals surface area (Å²) in [7, 11) is 0. The van der Waals surface area contributed by atoms with Gasteiger partial charge in [-0.15, -0.1) is 0 Å². The van der Waals surface area contributed by atoms with Crippen molar-refractivity contribution in [3.8, 4) is 0 Å². The van der Waals surface area contributed by atoms with E-state index < -0.39 is 17.6 Å². The molecule has 1 N–H and O–H groups in total. The van der Waals surface area contributed by atoms with Crippen molar-refractivity contribution < 1.29 is 13.2 Å². The van der Waals surface area contributed by atoms with Gasteiger partial charge in [0.25, 0.3) is 0 Å². The van der Waals surface area contributed by atoms with Crippen molar-refractivity contribution in [2.45, 2.75) is 13.1 Å². The molecule has 3 nitrogen and oxygen atoms in total. The first-order valence-corrected chi connectivity index (χ1v) is 6.75. The molecule has 1 aromatic carbocycles. The highest BCUT2D eigenvalue weighted by molar-refractivity contribution is 6.37. The number of H-pyrrole nitrogens is 1. The van der Waals surface area contributed by atoms with Gasteiger partial charge in [0.15, 0.2) is 0 Å².